The van der Waals surface area contributed by atoms with Gasteiger partial charge >= 0.3 is 0 Å². The van der Waals surface area contributed by atoms with Gasteiger partial charge in [0, 0.05) is 24.3 Å². The van der Waals surface area contributed by atoms with Crippen LogP contribution in [0.5, 0.6) is 0 Å². The lowest BCUT2D eigenvalue weighted by atomic mass is 10.2. The van der Waals surface area contributed by atoms with Crippen molar-refractivity contribution in [2.45, 2.75) is 31.1 Å². The highest BCUT2D eigenvalue weighted by Gasteiger charge is 2.25. The summed E-state index contributed by atoms with van der Waals surface area (Å²) in [4.78, 5) is 27.2. The van der Waals surface area contributed by atoms with Gasteiger partial charge in [-0.3, -0.25) is 9.59 Å². The third-order valence-corrected chi connectivity index (χ3v) is 6.29. The van der Waals surface area contributed by atoms with E-state index >= 15 is 0 Å². The fourth-order valence-corrected chi connectivity index (χ4v) is 4.59. The number of anilines is 1. The maximum Gasteiger partial charge on any atom is 0.251 e. The molecule has 1 N–H and O–H groups in total. The van der Waals surface area contributed by atoms with Crippen LogP contribution in [0.1, 0.15) is 34.7 Å². The molecule has 0 radical (unpaired) electrons. The smallest absolute Gasteiger partial charge is 0.251 e. The van der Waals surface area contributed by atoms with Crippen molar-refractivity contribution in [1.29, 1.82) is 0 Å². The van der Waals surface area contributed by atoms with Gasteiger partial charge < -0.3 is 14.8 Å². The van der Waals surface area contributed by atoms with E-state index in [9.17, 15) is 9.59 Å². The Morgan fingerprint density at radius 1 is 1.16 bits per heavy atom. The molecule has 1 aliphatic rings. The van der Waals surface area contributed by atoms with Crippen LogP contribution in [0, 0.1) is 0 Å². The molecule has 0 aliphatic carbocycles. The van der Waals surface area contributed by atoms with Crippen molar-refractivity contribution in [3.05, 3.63) is 84.2 Å². The molecule has 32 heavy (non-hydrogen) atoms. The number of para-hydroxylation sites is 1. The van der Waals surface area contributed by atoms with Gasteiger partial charge in [0.15, 0.2) is 11.0 Å². The third kappa shape index (κ3) is 4.60. The van der Waals surface area contributed by atoms with E-state index in [2.05, 4.69) is 28.2 Å². The molecule has 1 aromatic heterocycles. The molecule has 2 aromatic carbocycles. The minimum absolute atomic E-state index is 0.0417. The van der Waals surface area contributed by atoms with Gasteiger partial charge in [-0.2, -0.15) is 0 Å². The minimum atomic E-state index is -0.356. The Balaban J connectivity index is 1.44. The van der Waals surface area contributed by atoms with Crippen molar-refractivity contribution in [1.82, 2.24) is 20.1 Å². The SMILES string of the molecule is C=CCn1c(SCC(=O)N2CCc3ccccc32)nnc1C(C)NC(=O)c1ccccc1. The molecule has 0 bridgehead atoms. The maximum atomic E-state index is 12.9. The Kier molecular flexibility index (Phi) is 6.70. The van der Waals surface area contributed by atoms with Crippen LogP contribution in [0.25, 0.3) is 0 Å². The quantitative estimate of drug-likeness (QED) is 0.421. The summed E-state index contributed by atoms with van der Waals surface area (Å²) in [5.41, 5.74) is 2.77. The number of nitrogens with one attached hydrogen (secondary N) is 1. The van der Waals surface area contributed by atoms with Crippen LogP contribution >= 0.6 is 11.8 Å². The number of fused-ring (bicyclic) bond motifs is 1. The standard InChI is InChI=1S/C24H25N5O2S/c1-3-14-29-22(17(2)25-23(31)19-10-5-4-6-11-19)26-27-24(29)32-16-21(30)28-15-13-18-9-7-8-12-20(18)28/h3-12,17H,1,13-16H2,2H3,(H,25,31). The Morgan fingerprint density at radius 3 is 2.69 bits per heavy atom. The summed E-state index contributed by atoms with van der Waals surface area (Å²) < 4.78 is 1.89. The van der Waals surface area contributed by atoms with Gasteiger partial charge in [0.2, 0.25) is 5.91 Å². The molecule has 0 spiro atoms. The first-order valence-electron chi connectivity index (χ1n) is 10.5. The number of nitrogens with zero attached hydrogens (tertiary/aromatic N) is 4. The molecule has 3 aromatic rings. The van der Waals surface area contributed by atoms with Crippen LogP contribution in [0.3, 0.4) is 0 Å². The van der Waals surface area contributed by atoms with Gasteiger partial charge in [-0.25, -0.2) is 0 Å². The zero-order valence-corrected chi connectivity index (χ0v) is 18.7. The summed E-state index contributed by atoms with van der Waals surface area (Å²) >= 11 is 1.35. The second-order valence-electron chi connectivity index (χ2n) is 7.51. The van der Waals surface area contributed by atoms with E-state index in [0.717, 1.165) is 12.1 Å². The minimum Gasteiger partial charge on any atom is -0.342 e. The highest BCUT2D eigenvalue weighted by atomic mass is 32.2. The van der Waals surface area contributed by atoms with Gasteiger partial charge in [-0.15, -0.1) is 16.8 Å². The van der Waals surface area contributed by atoms with Crippen LogP contribution in [-0.2, 0) is 17.8 Å². The average molecular weight is 448 g/mol. The fraction of sp³-hybridized carbons (Fsp3) is 0.250. The van der Waals surface area contributed by atoms with Gasteiger partial charge in [0.05, 0.1) is 11.8 Å². The van der Waals surface area contributed by atoms with E-state index in [4.69, 9.17) is 0 Å². The third-order valence-electron chi connectivity index (χ3n) is 5.34. The van der Waals surface area contributed by atoms with Crippen molar-refractivity contribution >= 4 is 29.3 Å². The summed E-state index contributed by atoms with van der Waals surface area (Å²) in [7, 11) is 0. The number of aromatic nitrogens is 3. The van der Waals surface area contributed by atoms with Crippen LogP contribution in [0.2, 0.25) is 0 Å². The van der Waals surface area contributed by atoms with E-state index in [0.29, 0.717) is 29.6 Å². The molecule has 2 heterocycles. The Hall–Kier alpha value is -3.39. The Bertz CT molecular complexity index is 1130. The number of hydrogen-bond acceptors (Lipinski definition) is 5. The fourth-order valence-electron chi connectivity index (χ4n) is 3.76. The van der Waals surface area contributed by atoms with Crippen molar-refractivity contribution in [3.63, 3.8) is 0 Å². The summed E-state index contributed by atoms with van der Waals surface area (Å²) in [5.74, 6) is 0.744. The first kappa shape index (κ1) is 21.8. The highest BCUT2D eigenvalue weighted by Crippen LogP contribution is 2.29. The Labute approximate surface area is 191 Å². The number of carbonyl (C=O) groups is 2. The summed E-state index contributed by atoms with van der Waals surface area (Å²) in [6.07, 6.45) is 2.63. The first-order chi connectivity index (χ1) is 15.6. The van der Waals surface area contributed by atoms with Crippen LogP contribution in [0.15, 0.2) is 72.4 Å². The molecule has 1 atom stereocenters. The number of thioether (sulfide) groups is 1. The van der Waals surface area contributed by atoms with E-state index < -0.39 is 0 Å². The molecule has 0 fully saturated rings. The number of amides is 2. The van der Waals surface area contributed by atoms with Crippen molar-refractivity contribution in [2.24, 2.45) is 0 Å². The van der Waals surface area contributed by atoms with Gasteiger partial charge in [-0.1, -0.05) is 54.2 Å². The Morgan fingerprint density at radius 2 is 1.91 bits per heavy atom. The van der Waals surface area contributed by atoms with Crippen molar-refractivity contribution in [3.8, 4) is 0 Å². The number of benzene rings is 2. The molecule has 8 heteroatoms. The molecule has 0 saturated carbocycles. The molecule has 7 nitrogen and oxygen atoms in total. The zero-order chi connectivity index (χ0) is 22.5. The molecule has 1 unspecified atom stereocenters. The van der Waals surface area contributed by atoms with Crippen molar-refractivity contribution in [2.75, 3.05) is 17.2 Å². The summed E-state index contributed by atoms with van der Waals surface area (Å²) in [5, 5.41) is 12.2. The van der Waals surface area contributed by atoms with Gasteiger partial charge in [0.1, 0.15) is 0 Å². The summed E-state index contributed by atoms with van der Waals surface area (Å²) in [6, 6.07) is 16.7. The molecule has 2 amide bonds. The number of hydrogen-bond donors (Lipinski definition) is 1. The molecule has 164 valence electrons. The second-order valence-corrected chi connectivity index (χ2v) is 8.46. The first-order valence-corrected chi connectivity index (χ1v) is 11.5. The lowest BCUT2D eigenvalue weighted by molar-refractivity contribution is -0.116. The zero-order valence-electron chi connectivity index (χ0n) is 17.9. The highest BCUT2D eigenvalue weighted by molar-refractivity contribution is 7.99. The predicted molar refractivity (Wildman–Crippen MR) is 126 cm³/mol. The molecular weight excluding hydrogens is 422 g/mol. The lowest BCUT2D eigenvalue weighted by Gasteiger charge is -2.17. The average Bonchev–Trinajstić information content (AvgIpc) is 3.42. The van der Waals surface area contributed by atoms with Crippen LogP contribution in [0.4, 0.5) is 5.69 Å². The predicted octanol–water partition coefficient (Wildman–Crippen LogP) is 3.64. The number of rotatable bonds is 8. The van der Waals surface area contributed by atoms with Crippen LogP contribution in [-0.4, -0.2) is 38.9 Å². The topological polar surface area (TPSA) is 80.1 Å². The second kappa shape index (κ2) is 9.82. The van der Waals surface area contributed by atoms with E-state index in [1.165, 1.54) is 17.3 Å². The molecular formula is C24H25N5O2S. The van der Waals surface area contributed by atoms with Gasteiger partial charge in [0.25, 0.3) is 5.91 Å². The van der Waals surface area contributed by atoms with E-state index in [-0.39, 0.29) is 23.6 Å². The summed E-state index contributed by atoms with van der Waals surface area (Å²) in [6.45, 7) is 6.87. The number of carbonyl (C=O) groups excluding carboxylic acids is 2. The van der Waals surface area contributed by atoms with Gasteiger partial charge in [-0.05, 0) is 37.1 Å². The van der Waals surface area contributed by atoms with Crippen molar-refractivity contribution < 1.29 is 9.59 Å². The monoisotopic (exact) mass is 447 g/mol. The maximum absolute atomic E-state index is 12.9. The molecule has 4 rings (SSSR count). The number of allylic oxidation sites excluding steroid dienone is 1. The lowest BCUT2D eigenvalue weighted by Crippen LogP contribution is -2.30. The largest absolute Gasteiger partial charge is 0.342 e. The van der Waals surface area contributed by atoms with E-state index in [1.807, 2.05) is 52.8 Å². The normalized spacial score (nSPS) is 13.5. The van der Waals surface area contributed by atoms with E-state index in [1.54, 1.807) is 18.2 Å². The van der Waals surface area contributed by atoms with Crippen LogP contribution < -0.4 is 10.2 Å². The molecule has 0 saturated heterocycles. The molecule has 1 aliphatic heterocycles.